The van der Waals surface area contributed by atoms with Crippen LogP contribution in [0.1, 0.15) is 5.76 Å². The zero-order chi connectivity index (χ0) is 10.8. The van der Waals surface area contributed by atoms with E-state index in [0.29, 0.717) is 16.7 Å². The summed E-state index contributed by atoms with van der Waals surface area (Å²) in [5.41, 5.74) is 1.64. The Hall–Kier alpha value is -0.510. The smallest absolute Gasteiger partial charge is 0.152 e. The van der Waals surface area contributed by atoms with Crippen LogP contribution >= 0.6 is 39.1 Å². The summed E-state index contributed by atoms with van der Waals surface area (Å²) in [5, 5.41) is 4.54. The molecule has 78 valence electrons. The molecule has 2 rings (SSSR count). The molecule has 0 unspecified atom stereocenters. The maximum atomic E-state index is 5.97. The molecule has 0 radical (unpaired) electrons. The molecule has 15 heavy (non-hydrogen) atoms. The van der Waals surface area contributed by atoms with Crippen LogP contribution in [0.4, 0.5) is 0 Å². The molecule has 0 spiro atoms. The van der Waals surface area contributed by atoms with Crippen molar-refractivity contribution in [1.82, 2.24) is 5.16 Å². The minimum atomic E-state index is 0.317. The molecule has 0 fully saturated rings. The highest BCUT2D eigenvalue weighted by Gasteiger charge is 2.07. The molecule has 0 aliphatic heterocycles. The molecule has 0 saturated heterocycles. The van der Waals surface area contributed by atoms with Crippen LogP contribution in [0.3, 0.4) is 0 Å². The van der Waals surface area contributed by atoms with E-state index in [1.165, 1.54) is 0 Å². The molecule has 1 heterocycles. The van der Waals surface area contributed by atoms with Crippen LogP contribution in [-0.2, 0) is 5.88 Å². The van der Waals surface area contributed by atoms with Gasteiger partial charge in [-0.1, -0.05) is 22.8 Å². The van der Waals surface area contributed by atoms with E-state index >= 15 is 0 Å². The Kier molecular flexibility index (Phi) is 3.34. The SMILES string of the molecule is ClCc1cc(-c2ccc(Br)c(Cl)c2)no1. The Morgan fingerprint density at radius 2 is 2.13 bits per heavy atom. The van der Waals surface area contributed by atoms with Crippen molar-refractivity contribution >= 4 is 39.1 Å². The van der Waals surface area contributed by atoms with Crippen LogP contribution in [0.15, 0.2) is 33.3 Å². The number of nitrogens with zero attached hydrogens (tertiary/aromatic N) is 1. The fourth-order valence-corrected chi connectivity index (χ4v) is 1.72. The largest absolute Gasteiger partial charge is 0.359 e. The average Bonchev–Trinajstić information content (AvgIpc) is 2.70. The monoisotopic (exact) mass is 305 g/mol. The van der Waals surface area contributed by atoms with Crippen LogP contribution < -0.4 is 0 Å². The second-order valence-corrected chi connectivity index (χ2v) is 4.47. The Labute approximate surface area is 105 Å². The zero-order valence-electron chi connectivity index (χ0n) is 7.51. The van der Waals surface area contributed by atoms with Crippen LogP contribution in [0, 0.1) is 0 Å². The molecule has 0 aliphatic carbocycles. The second kappa shape index (κ2) is 4.56. The minimum Gasteiger partial charge on any atom is -0.359 e. The van der Waals surface area contributed by atoms with E-state index in [1.54, 1.807) is 6.07 Å². The lowest BCUT2D eigenvalue weighted by molar-refractivity contribution is 0.396. The van der Waals surface area contributed by atoms with Crippen molar-refractivity contribution < 1.29 is 4.52 Å². The predicted octanol–water partition coefficient (Wildman–Crippen LogP) is 4.50. The van der Waals surface area contributed by atoms with Gasteiger partial charge in [0.15, 0.2) is 5.76 Å². The molecule has 0 N–H and O–H groups in total. The summed E-state index contributed by atoms with van der Waals surface area (Å²) in [6.07, 6.45) is 0. The first kappa shape index (κ1) is 11.0. The van der Waals surface area contributed by atoms with Gasteiger partial charge in [0.05, 0.1) is 10.9 Å². The third-order valence-corrected chi connectivity index (χ3v) is 3.40. The lowest BCUT2D eigenvalue weighted by Crippen LogP contribution is -1.77. The summed E-state index contributed by atoms with van der Waals surface area (Å²) in [4.78, 5) is 0. The van der Waals surface area contributed by atoms with Gasteiger partial charge in [0.25, 0.3) is 0 Å². The standard InChI is InChI=1S/C10H6BrCl2NO/c11-8-2-1-6(3-9(8)13)10-4-7(5-12)15-14-10/h1-4H,5H2. The average molecular weight is 307 g/mol. The van der Waals surface area contributed by atoms with Crippen molar-refractivity contribution in [1.29, 1.82) is 0 Å². The molecule has 0 amide bonds. The molecule has 1 aromatic heterocycles. The zero-order valence-corrected chi connectivity index (χ0v) is 10.6. The molecule has 2 nitrogen and oxygen atoms in total. The second-order valence-electron chi connectivity index (χ2n) is 2.94. The highest BCUT2D eigenvalue weighted by molar-refractivity contribution is 9.10. The molecular formula is C10H6BrCl2NO. The number of hydrogen-bond donors (Lipinski definition) is 0. The lowest BCUT2D eigenvalue weighted by Gasteiger charge is -1.98. The Balaban J connectivity index is 2.40. The van der Waals surface area contributed by atoms with Gasteiger partial charge < -0.3 is 4.52 Å². The van der Waals surface area contributed by atoms with Crippen molar-refractivity contribution in [2.24, 2.45) is 0 Å². The molecule has 0 aliphatic rings. The van der Waals surface area contributed by atoms with Gasteiger partial charge in [-0.3, -0.25) is 0 Å². The Bertz CT molecular complexity index is 484. The molecule has 1 aromatic carbocycles. The number of aromatic nitrogens is 1. The van der Waals surface area contributed by atoms with Gasteiger partial charge in [-0.05, 0) is 28.1 Å². The molecule has 0 bridgehead atoms. The highest BCUT2D eigenvalue weighted by Crippen LogP contribution is 2.28. The van der Waals surface area contributed by atoms with E-state index < -0.39 is 0 Å². The van der Waals surface area contributed by atoms with E-state index in [-0.39, 0.29) is 0 Å². The summed E-state index contributed by atoms with van der Waals surface area (Å²) >= 11 is 14.9. The van der Waals surface area contributed by atoms with E-state index in [9.17, 15) is 0 Å². The topological polar surface area (TPSA) is 26.0 Å². The van der Waals surface area contributed by atoms with Crippen LogP contribution in [0.2, 0.25) is 5.02 Å². The summed E-state index contributed by atoms with van der Waals surface area (Å²) < 4.78 is 5.86. The van der Waals surface area contributed by atoms with Gasteiger partial charge in [0, 0.05) is 16.1 Å². The third-order valence-electron chi connectivity index (χ3n) is 1.91. The number of alkyl halides is 1. The predicted molar refractivity (Wildman–Crippen MR) is 64.2 cm³/mol. The van der Waals surface area contributed by atoms with Crippen LogP contribution in [-0.4, -0.2) is 5.16 Å². The van der Waals surface area contributed by atoms with Gasteiger partial charge >= 0.3 is 0 Å². The summed E-state index contributed by atoms with van der Waals surface area (Å²) in [6, 6.07) is 7.40. The molecule has 0 atom stereocenters. The normalized spacial score (nSPS) is 10.6. The molecule has 5 heteroatoms. The first-order chi connectivity index (χ1) is 7.20. The Morgan fingerprint density at radius 1 is 1.33 bits per heavy atom. The maximum absolute atomic E-state index is 5.97. The maximum Gasteiger partial charge on any atom is 0.152 e. The van der Waals surface area contributed by atoms with Gasteiger partial charge in [0.2, 0.25) is 0 Å². The van der Waals surface area contributed by atoms with E-state index in [4.69, 9.17) is 27.7 Å². The fraction of sp³-hybridized carbons (Fsp3) is 0.100. The van der Waals surface area contributed by atoms with Gasteiger partial charge in [0.1, 0.15) is 5.69 Å². The quantitative estimate of drug-likeness (QED) is 0.764. The van der Waals surface area contributed by atoms with Crippen molar-refractivity contribution in [3.8, 4) is 11.3 Å². The minimum absolute atomic E-state index is 0.317. The summed E-state index contributed by atoms with van der Waals surface area (Å²) in [5.74, 6) is 0.961. The van der Waals surface area contributed by atoms with Crippen molar-refractivity contribution in [3.05, 3.63) is 39.5 Å². The number of halogens is 3. The van der Waals surface area contributed by atoms with Gasteiger partial charge in [-0.2, -0.15) is 0 Å². The molecule has 0 saturated carbocycles. The van der Waals surface area contributed by atoms with Gasteiger partial charge in [-0.25, -0.2) is 0 Å². The first-order valence-electron chi connectivity index (χ1n) is 4.17. The number of hydrogen-bond acceptors (Lipinski definition) is 2. The van der Waals surface area contributed by atoms with Crippen molar-refractivity contribution in [3.63, 3.8) is 0 Å². The van der Waals surface area contributed by atoms with E-state index in [0.717, 1.165) is 15.7 Å². The first-order valence-corrected chi connectivity index (χ1v) is 5.88. The third kappa shape index (κ3) is 2.36. The van der Waals surface area contributed by atoms with Crippen molar-refractivity contribution in [2.45, 2.75) is 5.88 Å². The number of rotatable bonds is 2. The number of benzene rings is 1. The summed E-state index contributed by atoms with van der Waals surface area (Å²) in [7, 11) is 0. The lowest BCUT2D eigenvalue weighted by atomic mass is 10.1. The highest BCUT2D eigenvalue weighted by atomic mass is 79.9. The van der Waals surface area contributed by atoms with E-state index in [2.05, 4.69) is 21.1 Å². The van der Waals surface area contributed by atoms with Crippen LogP contribution in [0.25, 0.3) is 11.3 Å². The summed E-state index contributed by atoms with van der Waals surface area (Å²) in [6.45, 7) is 0. The Morgan fingerprint density at radius 3 is 2.73 bits per heavy atom. The molecule has 2 aromatic rings. The molecular weight excluding hydrogens is 301 g/mol. The van der Waals surface area contributed by atoms with Crippen molar-refractivity contribution in [2.75, 3.05) is 0 Å². The fourth-order valence-electron chi connectivity index (χ4n) is 1.17. The van der Waals surface area contributed by atoms with Crippen LogP contribution in [0.5, 0.6) is 0 Å². The van der Waals surface area contributed by atoms with E-state index in [1.807, 2.05) is 18.2 Å². The van der Waals surface area contributed by atoms with Gasteiger partial charge in [-0.15, -0.1) is 11.6 Å².